The second-order valence-electron chi connectivity index (χ2n) is 5.00. The molecule has 0 saturated carbocycles. The van der Waals surface area contributed by atoms with Crippen LogP contribution in [0.1, 0.15) is 57.4 Å². The molecule has 19 heavy (non-hydrogen) atoms. The van der Waals surface area contributed by atoms with E-state index < -0.39 is 6.09 Å². The fourth-order valence-corrected chi connectivity index (χ4v) is 2.16. The van der Waals surface area contributed by atoms with E-state index in [1.54, 1.807) is 0 Å². The minimum absolute atomic E-state index is 0.635. The number of aryl methyl sites for hydroxylation is 1. The molecule has 1 rings (SSSR count). The highest BCUT2D eigenvalue weighted by Crippen LogP contribution is 2.13. The minimum Gasteiger partial charge on any atom is -0.465 e. The Bertz CT molecular complexity index is 360. The van der Waals surface area contributed by atoms with Gasteiger partial charge in [0.2, 0.25) is 0 Å². The normalized spacial score (nSPS) is 10.4. The van der Waals surface area contributed by atoms with E-state index >= 15 is 0 Å². The Morgan fingerprint density at radius 1 is 1.00 bits per heavy atom. The molecule has 1 aromatic carbocycles. The van der Waals surface area contributed by atoms with Gasteiger partial charge in [-0.25, -0.2) is 4.79 Å². The van der Waals surface area contributed by atoms with E-state index in [1.807, 2.05) is 24.3 Å². The summed E-state index contributed by atoms with van der Waals surface area (Å²) in [7, 11) is 0. The number of carboxylic acid groups (broad SMARTS) is 1. The molecule has 0 fully saturated rings. The molecule has 0 saturated heterocycles. The van der Waals surface area contributed by atoms with Gasteiger partial charge in [0.1, 0.15) is 0 Å². The van der Waals surface area contributed by atoms with E-state index in [-0.39, 0.29) is 0 Å². The fraction of sp³-hybridized carbons (Fsp3) is 0.562. The van der Waals surface area contributed by atoms with Gasteiger partial charge in [-0.3, -0.25) is 5.32 Å². The SMILES string of the molecule is CCCCCCCCCc1ccc(NC(=O)O)cc1. The van der Waals surface area contributed by atoms with Crippen LogP contribution in [0.3, 0.4) is 0 Å². The highest BCUT2D eigenvalue weighted by molar-refractivity contribution is 5.82. The lowest BCUT2D eigenvalue weighted by molar-refractivity contribution is 0.210. The summed E-state index contributed by atoms with van der Waals surface area (Å²) in [6.45, 7) is 2.24. The highest BCUT2D eigenvalue weighted by atomic mass is 16.4. The molecular weight excluding hydrogens is 238 g/mol. The summed E-state index contributed by atoms with van der Waals surface area (Å²) in [5.74, 6) is 0. The third kappa shape index (κ3) is 7.50. The smallest absolute Gasteiger partial charge is 0.409 e. The summed E-state index contributed by atoms with van der Waals surface area (Å²) in [6.07, 6.45) is 9.30. The predicted molar refractivity (Wildman–Crippen MR) is 79.8 cm³/mol. The van der Waals surface area contributed by atoms with Crippen LogP contribution in [0.4, 0.5) is 10.5 Å². The van der Waals surface area contributed by atoms with Gasteiger partial charge in [0.05, 0.1) is 0 Å². The minimum atomic E-state index is -1.01. The van der Waals surface area contributed by atoms with Gasteiger partial charge in [-0.05, 0) is 30.5 Å². The standard InChI is InChI=1S/C16H25NO2/c1-2-3-4-5-6-7-8-9-14-10-12-15(13-11-14)17-16(18)19/h10-13,17H,2-9H2,1H3,(H,18,19). The molecule has 0 radical (unpaired) electrons. The third-order valence-corrected chi connectivity index (χ3v) is 3.27. The van der Waals surface area contributed by atoms with Crippen molar-refractivity contribution in [3.63, 3.8) is 0 Å². The molecule has 0 bridgehead atoms. The van der Waals surface area contributed by atoms with Crippen LogP contribution >= 0.6 is 0 Å². The number of anilines is 1. The number of nitrogens with one attached hydrogen (secondary N) is 1. The maximum atomic E-state index is 10.5. The second kappa shape index (κ2) is 9.42. The van der Waals surface area contributed by atoms with Crippen molar-refractivity contribution in [2.24, 2.45) is 0 Å². The highest BCUT2D eigenvalue weighted by Gasteiger charge is 1.98. The van der Waals surface area contributed by atoms with Gasteiger partial charge in [0.25, 0.3) is 0 Å². The van der Waals surface area contributed by atoms with Crippen LogP contribution in [0.15, 0.2) is 24.3 Å². The van der Waals surface area contributed by atoms with Gasteiger partial charge in [-0.15, -0.1) is 0 Å². The van der Waals surface area contributed by atoms with Crippen molar-refractivity contribution >= 4 is 11.8 Å². The monoisotopic (exact) mass is 263 g/mol. The maximum absolute atomic E-state index is 10.5. The summed E-state index contributed by atoms with van der Waals surface area (Å²) in [5.41, 5.74) is 1.92. The molecule has 0 aromatic heterocycles. The van der Waals surface area contributed by atoms with Crippen molar-refractivity contribution in [2.45, 2.75) is 58.3 Å². The van der Waals surface area contributed by atoms with Gasteiger partial charge in [-0.1, -0.05) is 57.6 Å². The summed E-state index contributed by atoms with van der Waals surface area (Å²) in [6, 6.07) is 7.65. The molecule has 1 aromatic rings. The first-order chi connectivity index (χ1) is 9.22. The zero-order valence-corrected chi connectivity index (χ0v) is 11.8. The summed E-state index contributed by atoms with van der Waals surface area (Å²) < 4.78 is 0. The second-order valence-corrected chi connectivity index (χ2v) is 5.00. The van der Waals surface area contributed by atoms with Crippen LogP contribution in [0, 0.1) is 0 Å². The van der Waals surface area contributed by atoms with Crippen molar-refractivity contribution in [1.82, 2.24) is 0 Å². The van der Waals surface area contributed by atoms with E-state index in [1.165, 1.54) is 50.5 Å². The van der Waals surface area contributed by atoms with Crippen molar-refractivity contribution in [1.29, 1.82) is 0 Å². The Morgan fingerprint density at radius 3 is 2.16 bits per heavy atom. The van der Waals surface area contributed by atoms with Gasteiger partial charge in [0.15, 0.2) is 0 Å². The molecule has 0 atom stereocenters. The molecule has 2 N–H and O–H groups in total. The quantitative estimate of drug-likeness (QED) is 0.611. The van der Waals surface area contributed by atoms with Crippen LogP contribution in [0.2, 0.25) is 0 Å². The molecule has 0 unspecified atom stereocenters. The number of hydrogen-bond donors (Lipinski definition) is 2. The summed E-state index contributed by atoms with van der Waals surface area (Å²) >= 11 is 0. The average Bonchev–Trinajstić information content (AvgIpc) is 2.39. The van der Waals surface area contributed by atoms with E-state index in [4.69, 9.17) is 5.11 Å². The lowest BCUT2D eigenvalue weighted by Crippen LogP contribution is -2.06. The van der Waals surface area contributed by atoms with Crippen LogP contribution in [-0.4, -0.2) is 11.2 Å². The average molecular weight is 263 g/mol. The molecule has 0 heterocycles. The molecule has 0 aliphatic rings. The molecule has 0 aliphatic carbocycles. The van der Waals surface area contributed by atoms with Crippen LogP contribution in [-0.2, 0) is 6.42 Å². The van der Waals surface area contributed by atoms with Gasteiger partial charge < -0.3 is 5.11 Å². The summed E-state index contributed by atoms with van der Waals surface area (Å²) in [4.78, 5) is 10.5. The van der Waals surface area contributed by atoms with E-state index in [9.17, 15) is 4.79 Å². The fourth-order valence-electron chi connectivity index (χ4n) is 2.16. The van der Waals surface area contributed by atoms with Crippen LogP contribution in [0.5, 0.6) is 0 Å². The van der Waals surface area contributed by atoms with Crippen molar-refractivity contribution in [2.75, 3.05) is 5.32 Å². The third-order valence-electron chi connectivity index (χ3n) is 3.27. The molecule has 3 heteroatoms. The van der Waals surface area contributed by atoms with Gasteiger partial charge in [0, 0.05) is 5.69 Å². The number of amides is 1. The van der Waals surface area contributed by atoms with Crippen LogP contribution < -0.4 is 5.32 Å². The topological polar surface area (TPSA) is 49.3 Å². The van der Waals surface area contributed by atoms with E-state index in [2.05, 4.69) is 12.2 Å². The molecule has 106 valence electrons. The maximum Gasteiger partial charge on any atom is 0.409 e. The number of carbonyl (C=O) groups is 1. The van der Waals surface area contributed by atoms with E-state index in [0.717, 1.165) is 6.42 Å². The predicted octanol–water partition coefficient (Wildman–Crippen LogP) is 5.07. The Balaban J connectivity index is 2.14. The summed E-state index contributed by atoms with van der Waals surface area (Å²) in [5, 5.41) is 10.9. The molecular formula is C16H25NO2. The van der Waals surface area contributed by atoms with Crippen LogP contribution in [0.25, 0.3) is 0 Å². The Kier molecular flexibility index (Phi) is 7.71. The van der Waals surface area contributed by atoms with Crippen molar-refractivity contribution < 1.29 is 9.90 Å². The zero-order chi connectivity index (χ0) is 13.9. The lowest BCUT2D eigenvalue weighted by Gasteiger charge is -2.04. The zero-order valence-electron chi connectivity index (χ0n) is 11.8. The first kappa shape index (κ1) is 15.5. The Hall–Kier alpha value is -1.51. The van der Waals surface area contributed by atoms with Gasteiger partial charge >= 0.3 is 6.09 Å². The number of rotatable bonds is 9. The Labute approximate surface area is 116 Å². The van der Waals surface area contributed by atoms with Gasteiger partial charge in [-0.2, -0.15) is 0 Å². The number of benzene rings is 1. The first-order valence-electron chi connectivity index (χ1n) is 7.31. The number of hydrogen-bond acceptors (Lipinski definition) is 1. The largest absolute Gasteiger partial charge is 0.465 e. The van der Waals surface area contributed by atoms with E-state index in [0.29, 0.717) is 5.69 Å². The Morgan fingerprint density at radius 2 is 1.58 bits per heavy atom. The molecule has 1 amide bonds. The first-order valence-corrected chi connectivity index (χ1v) is 7.31. The molecule has 0 aliphatic heterocycles. The molecule has 0 spiro atoms. The number of unbranched alkanes of at least 4 members (excludes halogenated alkanes) is 6. The van der Waals surface area contributed by atoms with Crippen molar-refractivity contribution in [3.05, 3.63) is 29.8 Å². The molecule has 3 nitrogen and oxygen atoms in total. The lowest BCUT2D eigenvalue weighted by atomic mass is 10.0. The van der Waals surface area contributed by atoms with Crippen molar-refractivity contribution in [3.8, 4) is 0 Å².